The van der Waals surface area contributed by atoms with Crippen LogP contribution in [0.15, 0.2) is 36.4 Å². The van der Waals surface area contributed by atoms with Crippen molar-refractivity contribution in [3.8, 4) is 22.6 Å². The van der Waals surface area contributed by atoms with Crippen molar-refractivity contribution in [3.05, 3.63) is 47.5 Å². The third-order valence-corrected chi connectivity index (χ3v) is 5.56. The van der Waals surface area contributed by atoms with Crippen LogP contribution in [0.2, 0.25) is 0 Å². The molecule has 0 saturated carbocycles. The zero-order valence-electron chi connectivity index (χ0n) is 16.2. The fraction of sp³-hybridized carbons (Fsp3) is 0.381. The molecule has 0 amide bonds. The van der Waals surface area contributed by atoms with Crippen molar-refractivity contribution in [1.82, 2.24) is 0 Å². The van der Waals surface area contributed by atoms with Crippen molar-refractivity contribution in [1.29, 1.82) is 0 Å². The molecule has 0 saturated heterocycles. The van der Waals surface area contributed by atoms with Crippen molar-refractivity contribution in [3.63, 3.8) is 0 Å². The number of methoxy groups -OCH3 is 1. The summed E-state index contributed by atoms with van der Waals surface area (Å²) < 4.78 is 39.0. The fourth-order valence-corrected chi connectivity index (χ4v) is 3.90. The lowest BCUT2D eigenvalue weighted by Gasteiger charge is -2.13. The highest BCUT2D eigenvalue weighted by molar-refractivity contribution is 7.90. The molecule has 6 nitrogen and oxygen atoms in total. The van der Waals surface area contributed by atoms with E-state index >= 15 is 0 Å². The maximum absolute atomic E-state index is 11.9. The summed E-state index contributed by atoms with van der Waals surface area (Å²) in [5.41, 5.74) is 3.33. The van der Waals surface area contributed by atoms with E-state index in [4.69, 9.17) is 14.2 Å². The van der Waals surface area contributed by atoms with Crippen LogP contribution in [-0.2, 0) is 21.0 Å². The number of sulfone groups is 1. The number of fused-ring (bicyclic) bond motifs is 3. The largest absolute Gasteiger partial charge is 0.494 e. The molecule has 150 valence electrons. The van der Waals surface area contributed by atoms with Crippen LogP contribution in [0, 0.1) is 0 Å². The minimum atomic E-state index is -2.99. The molecule has 0 radical (unpaired) electrons. The molecule has 0 bridgehead atoms. The van der Waals surface area contributed by atoms with Crippen LogP contribution in [0.1, 0.15) is 29.3 Å². The number of hydrogen-bond acceptors (Lipinski definition) is 6. The number of rotatable bonds is 6. The summed E-state index contributed by atoms with van der Waals surface area (Å²) in [4.78, 5) is 11.9. The highest BCUT2D eigenvalue weighted by Gasteiger charge is 2.22. The SMILES string of the molecule is COC(=O)c1ccc2c(c1)-c1ccc(OCCCS(C)(=O)=O)cc1CC(C)O2. The summed E-state index contributed by atoms with van der Waals surface area (Å²) in [7, 11) is -1.63. The number of carbonyl (C=O) groups excluding carboxylic acids is 1. The van der Waals surface area contributed by atoms with Crippen molar-refractivity contribution in [2.24, 2.45) is 0 Å². The van der Waals surface area contributed by atoms with E-state index in [9.17, 15) is 13.2 Å². The molecule has 1 unspecified atom stereocenters. The minimum absolute atomic E-state index is 0.0375. The standard InChI is InChI=1S/C21H24O6S/c1-14-11-16-12-17(26-9-4-10-28(3,23)24)6-7-18(16)19-13-15(21(22)25-2)5-8-20(19)27-14/h5-8,12-14H,4,9-11H2,1-3H3. The summed E-state index contributed by atoms with van der Waals surface area (Å²) in [6.07, 6.45) is 2.32. The Kier molecular flexibility index (Phi) is 5.93. The van der Waals surface area contributed by atoms with Gasteiger partial charge in [0.25, 0.3) is 0 Å². The summed E-state index contributed by atoms with van der Waals surface area (Å²) in [6.45, 7) is 2.33. The van der Waals surface area contributed by atoms with Crippen LogP contribution in [0.5, 0.6) is 11.5 Å². The Morgan fingerprint density at radius 3 is 2.68 bits per heavy atom. The summed E-state index contributed by atoms with van der Waals surface area (Å²) in [5.74, 6) is 1.12. The van der Waals surface area contributed by atoms with Gasteiger partial charge in [0.15, 0.2) is 0 Å². The quantitative estimate of drug-likeness (QED) is 0.543. The first kappa shape index (κ1) is 20.2. The normalized spacial score (nSPS) is 15.6. The first-order valence-electron chi connectivity index (χ1n) is 9.09. The molecule has 7 heteroatoms. The van der Waals surface area contributed by atoms with Crippen LogP contribution >= 0.6 is 0 Å². The van der Waals surface area contributed by atoms with Crippen molar-refractivity contribution >= 4 is 15.8 Å². The summed E-state index contributed by atoms with van der Waals surface area (Å²) >= 11 is 0. The molecular weight excluding hydrogens is 380 g/mol. The van der Waals surface area contributed by atoms with Gasteiger partial charge in [-0.2, -0.15) is 0 Å². The number of benzene rings is 2. The van der Waals surface area contributed by atoms with Crippen LogP contribution in [0.4, 0.5) is 0 Å². The van der Waals surface area contributed by atoms with Crippen LogP contribution in [0.25, 0.3) is 11.1 Å². The Balaban J connectivity index is 1.87. The van der Waals surface area contributed by atoms with Gasteiger partial charge in [-0.1, -0.05) is 6.07 Å². The highest BCUT2D eigenvalue weighted by atomic mass is 32.2. The Morgan fingerprint density at radius 2 is 1.96 bits per heavy atom. The minimum Gasteiger partial charge on any atom is -0.494 e. The van der Waals surface area contributed by atoms with E-state index in [2.05, 4.69) is 0 Å². The van der Waals surface area contributed by atoms with Gasteiger partial charge >= 0.3 is 5.97 Å². The molecule has 0 fully saturated rings. The predicted molar refractivity (Wildman–Crippen MR) is 107 cm³/mol. The highest BCUT2D eigenvalue weighted by Crippen LogP contribution is 2.39. The molecule has 1 heterocycles. The predicted octanol–water partition coefficient (Wildman–Crippen LogP) is 3.28. The second-order valence-electron chi connectivity index (χ2n) is 6.99. The lowest BCUT2D eigenvalue weighted by Crippen LogP contribution is -2.13. The average Bonchev–Trinajstić information content (AvgIpc) is 2.78. The van der Waals surface area contributed by atoms with Crippen molar-refractivity contribution < 1.29 is 27.4 Å². The Bertz CT molecular complexity index is 980. The van der Waals surface area contributed by atoms with Crippen LogP contribution < -0.4 is 9.47 Å². The zero-order valence-corrected chi connectivity index (χ0v) is 17.0. The number of esters is 1. The van der Waals surface area contributed by atoms with E-state index < -0.39 is 15.8 Å². The van der Waals surface area contributed by atoms with Gasteiger partial charge in [-0.15, -0.1) is 0 Å². The van der Waals surface area contributed by atoms with Gasteiger partial charge in [-0.05, 0) is 54.8 Å². The van der Waals surface area contributed by atoms with Gasteiger partial charge in [0.05, 0.1) is 31.1 Å². The van der Waals surface area contributed by atoms with E-state index in [1.165, 1.54) is 13.4 Å². The maximum Gasteiger partial charge on any atom is 0.337 e. The Labute approximate surface area is 165 Å². The van der Waals surface area contributed by atoms with E-state index in [0.29, 0.717) is 30.8 Å². The Morgan fingerprint density at radius 1 is 1.18 bits per heavy atom. The second-order valence-corrected chi connectivity index (χ2v) is 9.25. The summed E-state index contributed by atoms with van der Waals surface area (Å²) in [6, 6.07) is 11.0. The average molecular weight is 404 g/mol. The molecule has 2 aromatic rings. The first-order chi connectivity index (χ1) is 13.3. The van der Waals surface area contributed by atoms with E-state index in [1.54, 1.807) is 18.2 Å². The molecule has 1 aliphatic heterocycles. The number of ether oxygens (including phenoxy) is 3. The van der Waals surface area contributed by atoms with E-state index in [0.717, 1.165) is 22.4 Å². The molecular formula is C21H24O6S. The number of carbonyl (C=O) groups is 1. The maximum atomic E-state index is 11.9. The molecule has 0 aromatic heterocycles. The molecule has 28 heavy (non-hydrogen) atoms. The molecule has 2 aromatic carbocycles. The second kappa shape index (κ2) is 8.22. The van der Waals surface area contributed by atoms with Gasteiger partial charge in [-0.3, -0.25) is 0 Å². The van der Waals surface area contributed by atoms with Crippen LogP contribution in [0.3, 0.4) is 0 Å². The molecule has 0 spiro atoms. The molecule has 1 aliphatic rings. The number of hydrogen-bond donors (Lipinski definition) is 0. The molecule has 3 rings (SSSR count). The molecule has 0 aliphatic carbocycles. The van der Waals surface area contributed by atoms with Gasteiger partial charge < -0.3 is 14.2 Å². The first-order valence-corrected chi connectivity index (χ1v) is 11.2. The lowest BCUT2D eigenvalue weighted by atomic mass is 9.95. The molecule has 0 N–H and O–H groups in total. The van der Waals surface area contributed by atoms with Crippen LogP contribution in [-0.4, -0.2) is 46.2 Å². The molecule has 1 atom stereocenters. The van der Waals surface area contributed by atoms with Gasteiger partial charge in [0.1, 0.15) is 21.3 Å². The smallest absolute Gasteiger partial charge is 0.337 e. The van der Waals surface area contributed by atoms with E-state index in [1.807, 2.05) is 25.1 Å². The third kappa shape index (κ3) is 4.84. The van der Waals surface area contributed by atoms with Gasteiger partial charge in [-0.25, -0.2) is 13.2 Å². The fourth-order valence-electron chi connectivity index (χ4n) is 3.26. The summed E-state index contributed by atoms with van der Waals surface area (Å²) in [5, 5.41) is 0. The monoisotopic (exact) mass is 404 g/mol. The topological polar surface area (TPSA) is 78.9 Å². The van der Waals surface area contributed by atoms with Crippen molar-refractivity contribution in [2.45, 2.75) is 25.9 Å². The van der Waals surface area contributed by atoms with Gasteiger partial charge in [0.2, 0.25) is 0 Å². The van der Waals surface area contributed by atoms with Gasteiger partial charge in [0, 0.05) is 18.2 Å². The lowest BCUT2D eigenvalue weighted by molar-refractivity contribution is 0.0600. The third-order valence-electron chi connectivity index (χ3n) is 4.53. The van der Waals surface area contributed by atoms with E-state index in [-0.39, 0.29) is 11.9 Å². The van der Waals surface area contributed by atoms with Crippen molar-refractivity contribution in [2.75, 3.05) is 25.7 Å². The Hall–Kier alpha value is -2.54. The zero-order chi connectivity index (χ0) is 20.3.